The molecular formula is C22H20Cl2N2O5S. The summed E-state index contributed by atoms with van der Waals surface area (Å²) in [6.07, 6.45) is 0. The molecule has 0 saturated carbocycles. The van der Waals surface area contributed by atoms with E-state index in [0.717, 1.165) is 0 Å². The molecule has 3 rings (SSSR count). The summed E-state index contributed by atoms with van der Waals surface area (Å²) in [5.41, 5.74) is 0.777. The van der Waals surface area contributed by atoms with E-state index in [4.69, 9.17) is 32.7 Å². The van der Waals surface area contributed by atoms with Crippen LogP contribution in [0, 0.1) is 0 Å². The molecule has 10 heteroatoms. The Morgan fingerprint density at radius 3 is 2.19 bits per heavy atom. The molecule has 0 spiro atoms. The van der Waals surface area contributed by atoms with Crippen molar-refractivity contribution in [2.24, 2.45) is 0 Å². The molecule has 0 aliphatic carbocycles. The Balaban J connectivity index is 1.57. The van der Waals surface area contributed by atoms with Crippen molar-refractivity contribution in [3.05, 3.63) is 76.8 Å². The molecule has 0 atom stereocenters. The lowest BCUT2D eigenvalue weighted by atomic mass is 10.3. The van der Waals surface area contributed by atoms with Crippen LogP contribution in [0.1, 0.15) is 6.92 Å². The van der Waals surface area contributed by atoms with Gasteiger partial charge in [0.05, 0.1) is 27.2 Å². The Morgan fingerprint density at radius 2 is 1.53 bits per heavy atom. The first-order valence-corrected chi connectivity index (χ1v) is 11.7. The third-order valence-electron chi connectivity index (χ3n) is 4.15. The number of carbonyl (C=O) groups is 1. The number of benzene rings is 3. The van der Waals surface area contributed by atoms with Crippen molar-refractivity contribution in [2.45, 2.75) is 11.8 Å². The molecular weight excluding hydrogens is 475 g/mol. The van der Waals surface area contributed by atoms with Gasteiger partial charge in [0, 0.05) is 5.69 Å². The quantitative estimate of drug-likeness (QED) is 0.425. The molecule has 0 aliphatic heterocycles. The summed E-state index contributed by atoms with van der Waals surface area (Å²) in [5.74, 6) is 0.541. The fourth-order valence-electron chi connectivity index (χ4n) is 2.65. The number of hydrogen-bond donors (Lipinski definition) is 2. The molecule has 3 aromatic carbocycles. The van der Waals surface area contributed by atoms with Gasteiger partial charge in [-0.1, -0.05) is 29.3 Å². The number of nitrogens with one attached hydrogen (secondary N) is 2. The van der Waals surface area contributed by atoms with Crippen molar-refractivity contribution in [2.75, 3.05) is 23.3 Å². The minimum Gasteiger partial charge on any atom is -0.494 e. The van der Waals surface area contributed by atoms with Crippen LogP contribution in [0.15, 0.2) is 71.6 Å². The van der Waals surface area contributed by atoms with Crippen molar-refractivity contribution in [1.29, 1.82) is 0 Å². The molecule has 0 aromatic heterocycles. The lowest BCUT2D eigenvalue weighted by Gasteiger charge is -2.11. The summed E-state index contributed by atoms with van der Waals surface area (Å²) < 4.78 is 38.4. The molecule has 168 valence electrons. The van der Waals surface area contributed by atoms with Gasteiger partial charge in [-0.2, -0.15) is 0 Å². The van der Waals surface area contributed by atoms with E-state index in [1.165, 1.54) is 24.3 Å². The van der Waals surface area contributed by atoms with Crippen molar-refractivity contribution in [1.82, 2.24) is 0 Å². The zero-order valence-corrected chi connectivity index (χ0v) is 19.3. The first-order valence-electron chi connectivity index (χ1n) is 9.51. The fourth-order valence-corrected chi connectivity index (χ4v) is 4.06. The largest absolute Gasteiger partial charge is 0.494 e. The van der Waals surface area contributed by atoms with Gasteiger partial charge in [0.2, 0.25) is 0 Å². The monoisotopic (exact) mass is 494 g/mol. The van der Waals surface area contributed by atoms with Crippen molar-refractivity contribution < 1.29 is 22.7 Å². The molecule has 2 N–H and O–H groups in total. The average Bonchev–Trinajstić information content (AvgIpc) is 2.77. The second kappa shape index (κ2) is 10.6. The Labute approximate surface area is 196 Å². The molecule has 0 aliphatic rings. The van der Waals surface area contributed by atoms with E-state index in [0.29, 0.717) is 34.5 Å². The van der Waals surface area contributed by atoms with E-state index < -0.39 is 15.9 Å². The summed E-state index contributed by atoms with van der Waals surface area (Å²) in [6.45, 7) is 2.10. The lowest BCUT2D eigenvalue weighted by molar-refractivity contribution is -0.118. The van der Waals surface area contributed by atoms with Crippen LogP contribution in [0.25, 0.3) is 0 Å². The van der Waals surface area contributed by atoms with E-state index in [-0.39, 0.29) is 16.5 Å². The third-order valence-corrected chi connectivity index (χ3v) is 6.36. The Morgan fingerprint density at radius 1 is 0.906 bits per heavy atom. The Hall–Kier alpha value is -2.94. The second-order valence-electron chi connectivity index (χ2n) is 6.47. The molecule has 0 unspecified atom stereocenters. The van der Waals surface area contributed by atoms with Gasteiger partial charge >= 0.3 is 0 Å². The first kappa shape index (κ1) is 23.7. The molecule has 3 aromatic rings. The number of carbonyl (C=O) groups excluding carboxylic acids is 1. The molecule has 32 heavy (non-hydrogen) atoms. The maximum absolute atomic E-state index is 12.6. The lowest BCUT2D eigenvalue weighted by Crippen LogP contribution is -2.20. The maximum atomic E-state index is 12.6. The normalized spacial score (nSPS) is 11.0. The van der Waals surface area contributed by atoms with E-state index in [1.54, 1.807) is 42.5 Å². The van der Waals surface area contributed by atoms with E-state index in [2.05, 4.69) is 10.0 Å². The zero-order valence-electron chi connectivity index (χ0n) is 17.0. The van der Waals surface area contributed by atoms with Gasteiger partial charge < -0.3 is 14.8 Å². The van der Waals surface area contributed by atoms with Crippen molar-refractivity contribution in [3.8, 4) is 11.5 Å². The van der Waals surface area contributed by atoms with Gasteiger partial charge in [0.1, 0.15) is 11.5 Å². The standard InChI is InChI=1S/C22H20Cl2N2O5S/c1-2-30-16-8-6-15(7-9-16)26-32(28,29)18-12-10-17(11-13-18)31-14-21(27)25-20-5-3-4-19(23)22(20)24/h3-13,26H,2,14H2,1H3,(H,25,27). The van der Waals surface area contributed by atoms with Crippen LogP contribution in [-0.4, -0.2) is 27.5 Å². The third kappa shape index (κ3) is 6.29. The number of sulfonamides is 1. The highest BCUT2D eigenvalue weighted by Gasteiger charge is 2.15. The van der Waals surface area contributed by atoms with Gasteiger partial charge in [0.25, 0.3) is 15.9 Å². The molecule has 7 nitrogen and oxygen atoms in total. The van der Waals surface area contributed by atoms with Crippen LogP contribution in [0.2, 0.25) is 10.0 Å². The van der Waals surface area contributed by atoms with Crippen LogP contribution >= 0.6 is 23.2 Å². The van der Waals surface area contributed by atoms with Crippen molar-refractivity contribution >= 4 is 50.5 Å². The minimum absolute atomic E-state index is 0.0499. The summed E-state index contributed by atoms with van der Waals surface area (Å²) in [6, 6.07) is 17.2. The Bertz CT molecular complexity index is 1180. The first-order chi connectivity index (χ1) is 15.3. The highest BCUT2D eigenvalue weighted by molar-refractivity contribution is 7.92. The predicted octanol–water partition coefficient (Wildman–Crippen LogP) is 5.21. The molecule has 0 heterocycles. The van der Waals surface area contributed by atoms with Crippen molar-refractivity contribution in [3.63, 3.8) is 0 Å². The predicted molar refractivity (Wildman–Crippen MR) is 125 cm³/mol. The van der Waals surface area contributed by atoms with Gasteiger partial charge in [-0.25, -0.2) is 8.42 Å². The van der Waals surface area contributed by atoms with E-state index in [9.17, 15) is 13.2 Å². The molecule has 0 saturated heterocycles. The van der Waals surface area contributed by atoms with Crippen LogP contribution in [-0.2, 0) is 14.8 Å². The molecule has 0 bridgehead atoms. The van der Waals surface area contributed by atoms with Gasteiger partial charge in [0.15, 0.2) is 6.61 Å². The Kier molecular flexibility index (Phi) is 7.84. The van der Waals surface area contributed by atoms with Gasteiger partial charge in [-0.15, -0.1) is 0 Å². The zero-order chi connectivity index (χ0) is 23.1. The molecule has 0 fully saturated rings. The SMILES string of the molecule is CCOc1ccc(NS(=O)(=O)c2ccc(OCC(=O)Nc3cccc(Cl)c3Cl)cc2)cc1. The number of ether oxygens (including phenoxy) is 2. The molecule has 0 radical (unpaired) electrons. The maximum Gasteiger partial charge on any atom is 0.262 e. The van der Waals surface area contributed by atoms with Gasteiger partial charge in [-0.05, 0) is 67.6 Å². The second-order valence-corrected chi connectivity index (χ2v) is 8.94. The highest BCUT2D eigenvalue weighted by Crippen LogP contribution is 2.29. The topological polar surface area (TPSA) is 93.7 Å². The van der Waals surface area contributed by atoms with Crippen LogP contribution < -0.4 is 19.5 Å². The van der Waals surface area contributed by atoms with E-state index >= 15 is 0 Å². The van der Waals surface area contributed by atoms with E-state index in [1.807, 2.05) is 6.92 Å². The summed E-state index contributed by atoms with van der Waals surface area (Å²) in [4.78, 5) is 12.1. The fraction of sp³-hybridized carbons (Fsp3) is 0.136. The van der Waals surface area contributed by atoms with Crippen LogP contribution in [0.5, 0.6) is 11.5 Å². The molecule has 1 amide bonds. The summed E-state index contributed by atoms with van der Waals surface area (Å²) in [7, 11) is -3.79. The average molecular weight is 495 g/mol. The number of amides is 1. The smallest absolute Gasteiger partial charge is 0.262 e. The number of hydrogen-bond acceptors (Lipinski definition) is 5. The number of rotatable bonds is 9. The van der Waals surface area contributed by atoms with Gasteiger partial charge in [-0.3, -0.25) is 9.52 Å². The summed E-state index contributed by atoms with van der Waals surface area (Å²) >= 11 is 12.0. The summed E-state index contributed by atoms with van der Waals surface area (Å²) in [5, 5.41) is 3.15. The van der Waals surface area contributed by atoms with Crippen LogP contribution in [0.4, 0.5) is 11.4 Å². The number of halogens is 2. The van der Waals surface area contributed by atoms with Crippen LogP contribution in [0.3, 0.4) is 0 Å². The minimum atomic E-state index is -3.79. The highest BCUT2D eigenvalue weighted by atomic mass is 35.5. The number of anilines is 2.